The van der Waals surface area contributed by atoms with Crippen LogP contribution in [0.5, 0.6) is 0 Å². The van der Waals surface area contributed by atoms with Gasteiger partial charge < -0.3 is 26.3 Å². The molecule has 0 saturated carbocycles. The fourth-order valence-corrected chi connectivity index (χ4v) is 10.9. The van der Waals surface area contributed by atoms with E-state index in [1.807, 2.05) is 24.3 Å². The molecular formula is C46H32O8P2. The van der Waals surface area contributed by atoms with Gasteiger partial charge >= 0.3 is 16.5 Å². The first-order valence-corrected chi connectivity index (χ1v) is 20.9. The van der Waals surface area contributed by atoms with Crippen molar-refractivity contribution in [2.75, 3.05) is 13.2 Å². The highest BCUT2D eigenvalue weighted by Gasteiger charge is 2.50. The molecule has 4 atom stereocenters. The fraction of sp³-hybridized carbons (Fsp3) is 0.130. The van der Waals surface area contributed by atoms with Gasteiger partial charge in [-0.25, -0.2) is 0 Å². The van der Waals surface area contributed by atoms with Crippen molar-refractivity contribution < 1.29 is 35.3 Å². The summed E-state index contributed by atoms with van der Waals surface area (Å²) in [5, 5.41) is 12.8. The van der Waals surface area contributed by atoms with Crippen molar-refractivity contribution in [1.29, 1.82) is 0 Å². The lowest BCUT2D eigenvalue weighted by Gasteiger charge is -2.15. The Hall–Kier alpha value is -5.56. The van der Waals surface area contributed by atoms with Crippen LogP contribution >= 0.6 is 16.5 Å². The van der Waals surface area contributed by atoms with Crippen molar-refractivity contribution in [3.8, 4) is 0 Å². The van der Waals surface area contributed by atoms with Crippen molar-refractivity contribution in [2.24, 2.45) is 0 Å². The first-order chi connectivity index (χ1) is 27.7. The van der Waals surface area contributed by atoms with Gasteiger partial charge in [0, 0.05) is 21.5 Å². The average molecular weight is 775 g/mol. The summed E-state index contributed by atoms with van der Waals surface area (Å²) in [6.45, 7) is 0.582. The van der Waals surface area contributed by atoms with Crippen molar-refractivity contribution in [2.45, 2.75) is 24.4 Å². The zero-order valence-electron chi connectivity index (χ0n) is 29.7. The van der Waals surface area contributed by atoms with Crippen LogP contribution < -0.4 is 9.05 Å². The molecule has 56 heavy (non-hydrogen) atoms. The second-order valence-electron chi connectivity index (χ2n) is 14.3. The highest BCUT2D eigenvalue weighted by Crippen LogP contribution is 2.44. The molecule has 10 aromatic rings. The van der Waals surface area contributed by atoms with E-state index in [1.165, 1.54) is 0 Å². The van der Waals surface area contributed by atoms with Gasteiger partial charge in [-0.1, -0.05) is 121 Å². The summed E-state index contributed by atoms with van der Waals surface area (Å²) in [5.41, 5.74) is 2.84. The predicted molar refractivity (Wildman–Crippen MR) is 223 cm³/mol. The van der Waals surface area contributed by atoms with E-state index in [4.69, 9.17) is 35.3 Å². The van der Waals surface area contributed by atoms with Gasteiger partial charge in [-0.15, -0.1) is 0 Å². The molecule has 0 radical (unpaired) electrons. The number of benzene rings is 8. The number of rotatable bonds is 4. The first-order valence-electron chi connectivity index (χ1n) is 18.7. The Morgan fingerprint density at radius 1 is 0.357 bits per heavy atom. The van der Waals surface area contributed by atoms with Crippen molar-refractivity contribution in [1.82, 2.24) is 0 Å². The third kappa shape index (κ3) is 5.23. The molecule has 2 aliphatic heterocycles. The molecular weight excluding hydrogens is 742 g/mol. The van der Waals surface area contributed by atoms with Gasteiger partial charge in [-0.2, -0.15) is 0 Å². The zero-order chi connectivity index (χ0) is 36.7. The first kappa shape index (κ1) is 32.7. The van der Waals surface area contributed by atoms with Crippen LogP contribution in [0.25, 0.3) is 87.0 Å². The van der Waals surface area contributed by atoms with Gasteiger partial charge in [-0.3, -0.25) is 9.05 Å². The molecule has 8 nitrogen and oxygen atoms in total. The molecule has 0 aliphatic carbocycles. The molecule has 2 aromatic heterocycles. The smallest absolute Gasteiger partial charge is 0.387 e. The van der Waals surface area contributed by atoms with Crippen molar-refractivity contribution >= 4 is 103 Å². The van der Waals surface area contributed by atoms with E-state index >= 15 is 0 Å². The lowest BCUT2D eigenvalue weighted by atomic mass is 9.99. The number of fused-ring (bicyclic) bond motifs is 15. The monoisotopic (exact) mass is 774 g/mol. The Bertz CT molecular complexity index is 2870. The fourth-order valence-electron chi connectivity index (χ4n) is 8.62. The largest absolute Gasteiger partial charge is 0.399 e. The summed E-state index contributed by atoms with van der Waals surface area (Å²) in [5.74, 6) is 0. The van der Waals surface area contributed by atoms with E-state index in [9.17, 15) is 0 Å². The van der Waals surface area contributed by atoms with Crippen molar-refractivity contribution in [3.05, 3.63) is 146 Å². The minimum absolute atomic E-state index is 0.291. The van der Waals surface area contributed by atoms with Gasteiger partial charge in [0.2, 0.25) is 0 Å². The summed E-state index contributed by atoms with van der Waals surface area (Å²) in [6, 6.07) is 49.8. The number of hydrogen-bond donors (Lipinski definition) is 0. The van der Waals surface area contributed by atoms with E-state index < -0.39 is 40.9 Å². The quantitative estimate of drug-likeness (QED) is 0.175. The highest BCUT2D eigenvalue weighted by molar-refractivity contribution is 7.32. The van der Waals surface area contributed by atoms with Gasteiger partial charge in [0.1, 0.15) is 46.7 Å². The van der Waals surface area contributed by atoms with E-state index in [0.29, 0.717) is 35.5 Å². The maximum atomic E-state index is 6.67. The molecule has 0 amide bonds. The van der Waals surface area contributed by atoms with E-state index in [-0.39, 0.29) is 0 Å². The molecule has 2 saturated heterocycles. The maximum Gasteiger partial charge on any atom is 0.387 e. The van der Waals surface area contributed by atoms with Crippen LogP contribution in [0.2, 0.25) is 0 Å². The molecule has 4 unspecified atom stereocenters. The lowest BCUT2D eigenvalue weighted by molar-refractivity contribution is 0.0401. The van der Waals surface area contributed by atoms with Crippen LogP contribution in [0.3, 0.4) is 0 Å². The highest BCUT2D eigenvalue weighted by atomic mass is 31.1. The van der Waals surface area contributed by atoms with Gasteiger partial charge in [0.05, 0.1) is 13.2 Å². The summed E-state index contributed by atoms with van der Waals surface area (Å²) in [6.07, 6.45) is -1.71. The average Bonchev–Trinajstić information content (AvgIpc) is 3.72. The van der Waals surface area contributed by atoms with Gasteiger partial charge in [0.25, 0.3) is 0 Å². The van der Waals surface area contributed by atoms with Crippen LogP contribution in [0.1, 0.15) is 0 Å². The second-order valence-corrected chi connectivity index (χ2v) is 16.4. The molecule has 0 N–H and O–H groups in total. The molecule has 274 valence electrons. The van der Waals surface area contributed by atoms with Crippen LogP contribution in [-0.2, 0) is 9.47 Å². The number of hydrogen-bond acceptors (Lipinski definition) is 8. The third-order valence-corrected chi connectivity index (χ3v) is 13.4. The van der Waals surface area contributed by atoms with Crippen LogP contribution in [0, 0.1) is 0 Å². The molecule has 12 rings (SSSR count). The summed E-state index contributed by atoms with van der Waals surface area (Å²) in [7, 11) is -3.77. The predicted octanol–water partition coefficient (Wildman–Crippen LogP) is 12.6. The Kier molecular flexibility index (Phi) is 7.59. The number of ether oxygens (including phenoxy) is 2. The molecule has 10 heteroatoms. The summed E-state index contributed by atoms with van der Waals surface area (Å²) in [4.78, 5) is 0. The molecule has 0 bridgehead atoms. The third-order valence-electron chi connectivity index (χ3n) is 11.2. The Morgan fingerprint density at radius 3 is 0.946 bits per heavy atom. The Labute approximate surface area is 321 Å². The van der Waals surface area contributed by atoms with E-state index in [2.05, 4.69) is 121 Å². The SMILES string of the molecule is c1ccc2c(c1)ccc1op(OC3COC4C(Op5oc6ccc7ccccc7c6c6c(ccc7ccccc76)o5)COC34)oc3ccc4ccccc4c3c12. The molecule has 8 aromatic carbocycles. The van der Waals surface area contributed by atoms with E-state index in [0.717, 1.165) is 64.6 Å². The molecule has 0 spiro atoms. The van der Waals surface area contributed by atoms with Gasteiger partial charge in [0.15, 0.2) is 0 Å². The van der Waals surface area contributed by atoms with E-state index in [1.54, 1.807) is 0 Å². The maximum absolute atomic E-state index is 6.67. The van der Waals surface area contributed by atoms with Crippen LogP contribution in [0.15, 0.2) is 162 Å². The van der Waals surface area contributed by atoms with Gasteiger partial charge in [-0.05, 0) is 67.4 Å². The van der Waals surface area contributed by atoms with Crippen LogP contribution in [-0.4, -0.2) is 37.6 Å². The second kappa shape index (κ2) is 13.0. The minimum atomic E-state index is -1.88. The lowest BCUT2D eigenvalue weighted by Crippen LogP contribution is -2.35. The topological polar surface area (TPSA) is 89.5 Å². The normalized spacial score (nSPS) is 19.6. The molecule has 4 heterocycles. The molecule has 2 fully saturated rings. The summed E-state index contributed by atoms with van der Waals surface area (Å²) >= 11 is 0. The summed E-state index contributed by atoms with van der Waals surface area (Å²) < 4.78 is 52.7. The zero-order valence-corrected chi connectivity index (χ0v) is 31.5. The molecule has 2 aliphatic rings. The Balaban J connectivity index is 0.916. The van der Waals surface area contributed by atoms with Crippen molar-refractivity contribution in [3.63, 3.8) is 0 Å². The standard InChI is InChI=1S/C46H32O8P2/c1-5-13-31-27(9-1)17-21-35-41(31)42-32-14-6-2-10-28(32)18-22-36(42)50-55(49-35)53-39-25-47-46-40(26-48-45(39)46)54-56-51-37-23-19-29-11-3-7-15-33(29)43(37)44-34-16-8-4-12-30(34)20-24-38(44)52-56/h1-24,39-40,45-46H,25-26H2. The minimum Gasteiger partial charge on any atom is -0.399 e. The Morgan fingerprint density at radius 2 is 0.643 bits per heavy atom. The van der Waals surface area contributed by atoms with Crippen LogP contribution in [0.4, 0.5) is 0 Å².